The van der Waals surface area contributed by atoms with Crippen LogP contribution in [0.5, 0.6) is 0 Å². The van der Waals surface area contributed by atoms with Crippen molar-refractivity contribution in [3.05, 3.63) is 24.2 Å². The summed E-state index contributed by atoms with van der Waals surface area (Å²) in [6.45, 7) is 2.96. The van der Waals surface area contributed by atoms with Gasteiger partial charge in [-0.1, -0.05) is 0 Å². The van der Waals surface area contributed by atoms with E-state index in [0.29, 0.717) is 26.2 Å². The Bertz CT molecular complexity index is 265. The molecular formula is C11H17F2NO2. The zero-order valence-electron chi connectivity index (χ0n) is 9.29. The van der Waals surface area contributed by atoms with Gasteiger partial charge in [0.2, 0.25) is 0 Å². The Kier molecular flexibility index (Phi) is 6.03. The molecule has 0 aliphatic heterocycles. The van der Waals surface area contributed by atoms with Gasteiger partial charge in [-0.2, -0.15) is 0 Å². The fourth-order valence-electron chi connectivity index (χ4n) is 1.16. The van der Waals surface area contributed by atoms with E-state index in [-0.39, 0.29) is 0 Å². The van der Waals surface area contributed by atoms with Gasteiger partial charge in [0.1, 0.15) is 12.4 Å². The molecule has 1 atom stereocenters. The largest absolute Gasteiger partial charge is 0.467 e. The van der Waals surface area contributed by atoms with Gasteiger partial charge < -0.3 is 14.5 Å². The van der Waals surface area contributed by atoms with Gasteiger partial charge in [-0.3, -0.25) is 0 Å². The molecular weight excluding hydrogens is 216 g/mol. The predicted molar refractivity (Wildman–Crippen MR) is 56.4 cm³/mol. The van der Waals surface area contributed by atoms with E-state index in [1.54, 1.807) is 12.3 Å². The molecule has 0 spiro atoms. The summed E-state index contributed by atoms with van der Waals surface area (Å²) in [5.74, 6) is 0.772. The highest BCUT2D eigenvalue weighted by Crippen LogP contribution is 2.02. The molecule has 0 aliphatic carbocycles. The highest BCUT2D eigenvalue weighted by molar-refractivity contribution is 4.95. The minimum absolute atomic E-state index is 0.428. The quantitative estimate of drug-likeness (QED) is 0.700. The first-order valence-corrected chi connectivity index (χ1v) is 5.32. The van der Waals surface area contributed by atoms with Gasteiger partial charge >= 0.3 is 0 Å². The highest BCUT2D eigenvalue weighted by atomic mass is 19.3. The Hall–Kier alpha value is -0.940. The highest BCUT2D eigenvalue weighted by Gasteiger charge is 2.12. The maximum Gasteiger partial charge on any atom is 0.253 e. The van der Waals surface area contributed by atoms with Crippen LogP contribution in [-0.2, 0) is 11.3 Å². The number of ether oxygens (including phenoxy) is 1. The lowest BCUT2D eigenvalue weighted by atomic mass is 10.3. The molecule has 0 radical (unpaired) electrons. The second kappa shape index (κ2) is 7.35. The van der Waals surface area contributed by atoms with Crippen LogP contribution in [0.2, 0.25) is 0 Å². The summed E-state index contributed by atoms with van der Waals surface area (Å²) < 4.78 is 34.5. The van der Waals surface area contributed by atoms with E-state index in [4.69, 9.17) is 9.15 Å². The Morgan fingerprint density at radius 3 is 2.94 bits per heavy atom. The molecule has 92 valence electrons. The monoisotopic (exact) mass is 233 g/mol. The van der Waals surface area contributed by atoms with Crippen molar-refractivity contribution in [2.45, 2.75) is 32.4 Å². The summed E-state index contributed by atoms with van der Waals surface area (Å²) in [6.07, 6.45) is -0.0217. The third-order valence-electron chi connectivity index (χ3n) is 2.13. The summed E-state index contributed by atoms with van der Waals surface area (Å²) in [5, 5.41) is 2.72. The molecule has 0 fully saturated rings. The van der Waals surface area contributed by atoms with Crippen LogP contribution in [0.15, 0.2) is 22.8 Å². The smallest absolute Gasteiger partial charge is 0.253 e. The van der Waals surface area contributed by atoms with E-state index in [1.165, 1.54) is 6.92 Å². The van der Waals surface area contributed by atoms with Crippen LogP contribution in [-0.4, -0.2) is 25.6 Å². The topological polar surface area (TPSA) is 34.4 Å². The van der Waals surface area contributed by atoms with Crippen LogP contribution >= 0.6 is 0 Å². The molecule has 0 saturated carbocycles. The first kappa shape index (κ1) is 13.1. The Labute approximate surface area is 93.8 Å². The van der Waals surface area contributed by atoms with Gasteiger partial charge in [0.15, 0.2) is 0 Å². The van der Waals surface area contributed by atoms with Gasteiger partial charge in [-0.05, 0) is 32.0 Å². The van der Waals surface area contributed by atoms with Crippen LogP contribution < -0.4 is 5.32 Å². The van der Waals surface area contributed by atoms with Gasteiger partial charge in [0.25, 0.3) is 6.43 Å². The van der Waals surface area contributed by atoms with E-state index >= 15 is 0 Å². The summed E-state index contributed by atoms with van der Waals surface area (Å²) in [6, 6.07) is 2.87. The van der Waals surface area contributed by atoms with E-state index in [0.717, 1.165) is 5.76 Å². The minimum Gasteiger partial charge on any atom is -0.467 e. The number of halogens is 2. The molecule has 1 rings (SSSR count). The zero-order chi connectivity index (χ0) is 11.8. The normalized spacial score (nSPS) is 13.2. The van der Waals surface area contributed by atoms with Crippen LogP contribution in [0.25, 0.3) is 0 Å². The fraction of sp³-hybridized carbons (Fsp3) is 0.636. The zero-order valence-corrected chi connectivity index (χ0v) is 9.29. The first-order valence-electron chi connectivity index (χ1n) is 5.32. The maximum absolute atomic E-state index is 12.1. The third kappa shape index (κ3) is 5.23. The molecule has 0 amide bonds. The molecule has 1 aromatic rings. The van der Waals surface area contributed by atoms with Gasteiger partial charge in [-0.25, -0.2) is 8.78 Å². The minimum atomic E-state index is -2.32. The second-order valence-electron chi connectivity index (χ2n) is 3.56. The Morgan fingerprint density at radius 1 is 1.50 bits per heavy atom. The number of hydrogen-bond acceptors (Lipinski definition) is 3. The molecule has 0 bridgehead atoms. The van der Waals surface area contributed by atoms with Crippen molar-refractivity contribution in [3.8, 4) is 0 Å². The van der Waals surface area contributed by atoms with E-state index in [2.05, 4.69) is 5.32 Å². The lowest BCUT2D eigenvalue weighted by molar-refractivity contribution is 0.0918. The number of alkyl halides is 2. The van der Waals surface area contributed by atoms with Crippen molar-refractivity contribution < 1.29 is 17.9 Å². The van der Waals surface area contributed by atoms with Crippen LogP contribution in [0.1, 0.15) is 19.1 Å². The summed E-state index contributed by atoms with van der Waals surface area (Å²) in [5.41, 5.74) is 0. The Morgan fingerprint density at radius 2 is 2.31 bits per heavy atom. The first-order chi connectivity index (χ1) is 7.70. The summed E-state index contributed by atoms with van der Waals surface area (Å²) in [7, 11) is 0. The van der Waals surface area contributed by atoms with Crippen molar-refractivity contribution in [2.75, 3.05) is 13.2 Å². The molecule has 1 aromatic heterocycles. The molecule has 0 aliphatic rings. The molecule has 1 heterocycles. The third-order valence-corrected chi connectivity index (χ3v) is 2.13. The van der Waals surface area contributed by atoms with Crippen molar-refractivity contribution in [3.63, 3.8) is 0 Å². The van der Waals surface area contributed by atoms with Gasteiger partial charge in [0.05, 0.1) is 12.3 Å². The fourth-order valence-corrected chi connectivity index (χ4v) is 1.16. The molecule has 1 N–H and O–H groups in total. The van der Waals surface area contributed by atoms with Crippen molar-refractivity contribution in [1.82, 2.24) is 5.32 Å². The van der Waals surface area contributed by atoms with E-state index < -0.39 is 12.5 Å². The lowest BCUT2D eigenvalue weighted by Crippen LogP contribution is -2.33. The molecule has 0 aromatic carbocycles. The number of nitrogens with one attached hydrogen (secondary N) is 1. The van der Waals surface area contributed by atoms with Crippen LogP contribution in [0, 0.1) is 0 Å². The number of rotatable bonds is 8. The molecule has 1 unspecified atom stereocenters. The SMILES string of the molecule is CC(NCCCOCc1ccco1)C(F)F. The van der Waals surface area contributed by atoms with Crippen molar-refractivity contribution in [1.29, 1.82) is 0 Å². The number of hydrogen-bond donors (Lipinski definition) is 1. The average molecular weight is 233 g/mol. The molecule has 16 heavy (non-hydrogen) atoms. The maximum atomic E-state index is 12.1. The summed E-state index contributed by atoms with van der Waals surface area (Å²) >= 11 is 0. The average Bonchev–Trinajstić information content (AvgIpc) is 2.75. The van der Waals surface area contributed by atoms with Gasteiger partial charge in [-0.15, -0.1) is 0 Å². The van der Waals surface area contributed by atoms with Crippen LogP contribution in [0.3, 0.4) is 0 Å². The van der Waals surface area contributed by atoms with E-state index in [9.17, 15) is 8.78 Å². The van der Waals surface area contributed by atoms with E-state index in [1.807, 2.05) is 6.07 Å². The van der Waals surface area contributed by atoms with Crippen molar-refractivity contribution >= 4 is 0 Å². The number of furan rings is 1. The predicted octanol–water partition coefficient (Wildman–Crippen LogP) is 2.43. The molecule has 0 saturated heterocycles. The summed E-state index contributed by atoms with van der Waals surface area (Å²) in [4.78, 5) is 0. The van der Waals surface area contributed by atoms with Gasteiger partial charge in [0, 0.05) is 6.61 Å². The lowest BCUT2D eigenvalue weighted by Gasteiger charge is -2.12. The molecule has 3 nitrogen and oxygen atoms in total. The van der Waals surface area contributed by atoms with Crippen LogP contribution in [0.4, 0.5) is 8.78 Å². The van der Waals surface area contributed by atoms with Crippen molar-refractivity contribution in [2.24, 2.45) is 0 Å². The second-order valence-corrected chi connectivity index (χ2v) is 3.56. The molecule has 5 heteroatoms. The standard InChI is InChI=1S/C11H17F2NO2/c1-9(11(12)13)14-5-3-6-15-8-10-4-2-7-16-10/h2,4,7,9,11,14H,3,5-6,8H2,1H3. The Balaban J connectivity index is 1.92.